The summed E-state index contributed by atoms with van der Waals surface area (Å²) >= 11 is 7.45. The second-order valence-corrected chi connectivity index (χ2v) is 7.22. The van der Waals surface area contributed by atoms with Crippen molar-refractivity contribution in [3.63, 3.8) is 0 Å². The molecule has 1 N–H and O–H groups in total. The number of nitrogens with one attached hydrogen (secondary N) is 1. The number of rotatable bonds is 4. The van der Waals surface area contributed by atoms with Crippen LogP contribution in [0.25, 0.3) is 0 Å². The number of halogens is 1. The zero-order chi connectivity index (χ0) is 17.1. The first kappa shape index (κ1) is 17.5. The van der Waals surface area contributed by atoms with Crippen LogP contribution < -0.4 is 5.32 Å². The van der Waals surface area contributed by atoms with E-state index in [1.807, 2.05) is 26.8 Å². The molecule has 0 aliphatic rings. The van der Waals surface area contributed by atoms with Crippen molar-refractivity contribution < 1.29 is 14.3 Å². The lowest BCUT2D eigenvalue weighted by atomic mass is 10.2. The quantitative estimate of drug-likeness (QED) is 0.824. The van der Waals surface area contributed by atoms with Gasteiger partial charge in [0.2, 0.25) is 0 Å². The summed E-state index contributed by atoms with van der Waals surface area (Å²) < 4.78 is 5.26. The molecule has 1 atom stereocenters. The normalized spacial score (nSPS) is 11.9. The lowest BCUT2D eigenvalue weighted by Crippen LogP contribution is -2.30. The summed E-state index contributed by atoms with van der Waals surface area (Å²) in [5.41, 5.74) is 1.99. The number of anilines is 1. The van der Waals surface area contributed by atoms with Gasteiger partial charge in [-0.1, -0.05) is 17.7 Å². The molecule has 0 saturated heterocycles. The number of aryl methyl sites for hydroxylation is 3. The number of amides is 1. The van der Waals surface area contributed by atoms with Crippen molar-refractivity contribution >= 4 is 40.5 Å². The minimum Gasteiger partial charge on any atom is -0.449 e. The Morgan fingerprint density at radius 2 is 1.91 bits per heavy atom. The second kappa shape index (κ2) is 7.15. The first-order valence-electron chi connectivity index (χ1n) is 7.13. The summed E-state index contributed by atoms with van der Waals surface area (Å²) in [6.45, 7) is 7.18. The van der Waals surface area contributed by atoms with Crippen molar-refractivity contribution in [2.75, 3.05) is 5.32 Å². The summed E-state index contributed by atoms with van der Waals surface area (Å²) in [5.74, 6) is -0.884. The Bertz CT molecular complexity index is 754. The number of carbonyl (C=O) groups is 2. The molecule has 1 aromatic heterocycles. The van der Waals surface area contributed by atoms with E-state index in [9.17, 15) is 9.59 Å². The van der Waals surface area contributed by atoms with Crippen molar-refractivity contribution in [3.8, 4) is 0 Å². The van der Waals surface area contributed by atoms with Crippen molar-refractivity contribution in [3.05, 3.63) is 50.2 Å². The molecule has 0 radical (unpaired) electrons. The van der Waals surface area contributed by atoms with Gasteiger partial charge in [-0.3, -0.25) is 4.79 Å². The van der Waals surface area contributed by atoms with E-state index in [-0.39, 0.29) is 0 Å². The maximum Gasteiger partial charge on any atom is 0.340 e. The van der Waals surface area contributed by atoms with Gasteiger partial charge in [-0.15, -0.1) is 11.3 Å². The van der Waals surface area contributed by atoms with Crippen molar-refractivity contribution in [1.29, 1.82) is 0 Å². The Balaban J connectivity index is 2.04. The molecule has 0 unspecified atom stereocenters. The monoisotopic (exact) mass is 351 g/mol. The van der Waals surface area contributed by atoms with Crippen LogP contribution in [0.2, 0.25) is 5.02 Å². The molecular weight excluding hydrogens is 334 g/mol. The van der Waals surface area contributed by atoms with Gasteiger partial charge in [-0.25, -0.2) is 4.79 Å². The smallest absolute Gasteiger partial charge is 0.340 e. The Morgan fingerprint density at radius 3 is 2.52 bits per heavy atom. The molecule has 0 fully saturated rings. The zero-order valence-corrected chi connectivity index (χ0v) is 15.0. The van der Waals surface area contributed by atoms with Crippen LogP contribution in [-0.2, 0) is 9.53 Å². The fourth-order valence-corrected chi connectivity index (χ4v) is 3.16. The van der Waals surface area contributed by atoms with Crippen LogP contribution in [0.1, 0.15) is 32.6 Å². The van der Waals surface area contributed by atoms with Crippen LogP contribution in [0.4, 0.5) is 5.69 Å². The molecule has 2 rings (SSSR count). The standard InChI is InChI=1S/C17H18ClNO3S/c1-9-5-6-13(18)8-15(9)19-16(20)11(3)22-17(21)14-7-10(2)23-12(14)4/h5-8,11H,1-4H3,(H,19,20)/t11-/m1/s1. The Morgan fingerprint density at radius 1 is 1.22 bits per heavy atom. The predicted molar refractivity (Wildman–Crippen MR) is 93.5 cm³/mol. The molecule has 0 saturated carbocycles. The minimum absolute atomic E-state index is 0.395. The molecule has 0 spiro atoms. The maximum absolute atomic E-state index is 12.2. The van der Waals surface area contributed by atoms with Crippen molar-refractivity contribution in [2.45, 2.75) is 33.8 Å². The number of ether oxygens (including phenoxy) is 1. The summed E-state index contributed by atoms with van der Waals surface area (Å²) in [6, 6.07) is 6.99. The Labute approximate surface area is 144 Å². The third-order valence-electron chi connectivity index (χ3n) is 3.37. The average molecular weight is 352 g/mol. The van der Waals surface area contributed by atoms with E-state index in [1.165, 1.54) is 11.3 Å². The predicted octanol–water partition coefficient (Wildman–Crippen LogP) is 4.51. The lowest BCUT2D eigenvalue weighted by molar-refractivity contribution is -0.123. The van der Waals surface area contributed by atoms with E-state index >= 15 is 0 Å². The van der Waals surface area contributed by atoms with Crippen LogP contribution in [0.15, 0.2) is 24.3 Å². The van der Waals surface area contributed by atoms with Gasteiger partial charge in [0, 0.05) is 20.5 Å². The highest BCUT2D eigenvalue weighted by molar-refractivity contribution is 7.12. The van der Waals surface area contributed by atoms with E-state index in [0.717, 1.165) is 15.3 Å². The van der Waals surface area contributed by atoms with Gasteiger partial charge in [-0.2, -0.15) is 0 Å². The molecule has 0 aliphatic carbocycles. The van der Waals surface area contributed by atoms with Gasteiger partial charge < -0.3 is 10.1 Å². The number of hydrogen-bond acceptors (Lipinski definition) is 4. The Hall–Kier alpha value is -1.85. The summed E-state index contributed by atoms with van der Waals surface area (Å²) in [5, 5.41) is 3.26. The number of benzene rings is 1. The van der Waals surface area contributed by atoms with E-state index in [4.69, 9.17) is 16.3 Å². The lowest BCUT2D eigenvalue weighted by Gasteiger charge is -2.15. The van der Waals surface area contributed by atoms with E-state index in [0.29, 0.717) is 16.3 Å². The Kier molecular flexibility index (Phi) is 5.44. The molecule has 2 aromatic rings. The molecule has 1 heterocycles. The number of esters is 1. The first-order chi connectivity index (χ1) is 10.8. The SMILES string of the molecule is Cc1cc(C(=O)O[C@H](C)C(=O)Nc2cc(Cl)ccc2C)c(C)s1. The van der Waals surface area contributed by atoms with Gasteiger partial charge in [0.25, 0.3) is 5.91 Å². The van der Waals surface area contributed by atoms with Crippen LogP contribution >= 0.6 is 22.9 Å². The molecule has 122 valence electrons. The van der Waals surface area contributed by atoms with Crippen LogP contribution in [-0.4, -0.2) is 18.0 Å². The van der Waals surface area contributed by atoms with E-state index < -0.39 is 18.0 Å². The van der Waals surface area contributed by atoms with Crippen LogP contribution in [0.5, 0.6) is 0 Å². The van der Waals surface area contributed by atoms with Crippen LogP contribution in [0.3, 0.4) is 0 Å². The molecule has 1 aromatic carbocycles. The molecule has 0 aliphatic heterocycles. The van der Waals surface area contributed by atoms with Gasteiger partial charge in [0.1, 0.15) is 0 Å². The maximum atomic E-state index is 12.2. The highest BCUT2D eigenvalue weighted by atomic mass is 35.5. The molecule has 1 amide bonds. The molecular formula is C17H18ClNO3S. The van der Waals surface area contributed by atoms with Gasteiger partial charge >= 0.3 is 5.97 Å². The van der Waals surface area contributed by atoms with E-state index in [2.05, 4.69) is 5.32 Å². The summed E-state index contributed by atoms with van der Waals surface area (Å²) in [7, 11) is 0. The molecule has 23 heavy (non-hydrogen) atoms. The largest absolute Gasteiger partial charge is 0.449 e. The van der Waals surface area contributed by atoms with Gasteiger partial charge in [0.05, 0.1) is 5.56 Å². The first-order valence-corrected chi connectivity index (χ1v) is 8.32. The molecule has 6 heteroatoms. The molecule has 0 bridgehead atoms. The number of hydrogen-bond donors (Lipinski definition) is 1. The topological polar surface area (TPSA) is 55.4 Å². The third kappa shape index (κ3) is 4.33. The molecule has 4 nitrogen and oxygen atoms in total. The van der Waals surface area contributed by atoms with E-state index in [1.54, 1.807) is 25.1 Å². The summed E-state index contributed by atoms with van der Waals surface area (Å²) in [4.78, 5) is 26.3. The fourth-order valence-electron chi connectivity index (χ4n) is 2.07. The third-order valence-corrected chi connectivity index (χ3v) is 4.57. The average Bonchev–Trinajstić information content (AvgIpc) is 2.81. The zero-order valence-electron chi connectivity index (χ0n) is 13.4. The van der Waals surface area contributed by atoms with Gasteiger partial charge in [0.15, 0.2) is 6.10 Å². The summed E-state index contributed by atoms with van der Waals surface area (Å²) in [6.07, 6.45) is -0.902. The van der Waals surface area contributed by atoms with Crippen LogP contribution in [0, 0.1) is 20.8 Å². The highest BCUT2D eigenvalue weighted by Gasteiger charge is 2.21. The van der Waals surface area contributed by atoms with Crippen molar-refractivity contribution in [2.24, 2.45) is 0 Å². The van der Waals surface area contributed by atoms with Crippen molar-refractivity contribution in [1.82, 2.24) is 0 Å². The number of thiophene rings is 1. The fraction of sp³-hybridized carbons (Fsp3) is 0.294. The highest BCUT2D eigenvalue weighted by Crippen LogP contribution is 2.23. The second-order valence-electron chi connectivity index (χ2n) is 5.32. The van der Waals surface area contributed by atoms with Gasteiger partial charge in [-0.05, 0) is 51.5 Å². The minimum atomic E-state index is -0.902. The number of carbonyl (C=O) groups excluding carboxylic acids is 2.